The fourth-order valence-corrected chi connectivity index (χ4v) is 4.00. The standard InChI is InChI=1S/C19H31N3O/c1-2-20-8-4-6-18(15-20)16-22-11-9-21(10-12-22)14-17-5-3-7-19(23)13-17/h3,5,7,13,18,23H,2,4,6,8-12,14-16H2,1H3/t18-/m0/s1. The molecule has 2 aliphatic heterocycles. The van der Waals surface area contributed by atoms with Crippen LogP contribution in [0, 0.1) is 5.92 Å². The van der Waals surface area contributed by atoms with Gasteiger partial charge >= 0.3 is 0 Å². The number of aromatic hydroxyl groups is 1. The first-order valence-corrected chi connectivity index (χ1v) is 9.18. The zero-order valence-corrected chi connectivity index (χ0v) is 14.5. The Hall–Kier alpha value is -1.10. The summed E-state index contributed by atoms with van der Waals surface area (Å²) in [4.78, 5) is 7.76. The van der Waals surface area contributed by atoms with E-state index in [0.29, 0.717) is 5.75 Å². The molecule has 4 heteroatoms. The highest BCUT2D eigenvalue weighted by atomic mass is 16.3. The summed E-state index contributed by atoms with van der Waals surface area (Å²) in [6.07, 6.45) is 2.77. The first-order chi connectivity index (χ1) is 11.2. The number of likely N-dealkylation sites (tertiary alicyclic amines) is 1. The molecule has 0 spiro atoms. The molecule has 0 aromatic heterocycles. The second-order valence-corrected chi connectivity index (χ2v) is 7.15. The minimum absolute atomic E-state index is 0.374. The average Bonchev–Trinajstić information content (AvgIpc) is 2.57. The first-order valence-electron chi connectivity index (χ1n) is 9.18. The lowest BCUT2D eigenvalue weighted by atomic mass is 9.97. The van der Waals surface area contributed by atoms with Gasteiger partial charge in [0.2, 0.25) is 0 Å². The molecule has 2 saturated heterocycles. The topological polar surface area (TPSA) is 30.0 Å². The molecule has 0 unspecified atom stereocenters. The van der Waals surface area contributed by atoms with Crippen LogP contribution in [-0.4, -0.2) is 72.2 Å². The van der Waals surface area contributed by atoms with Crippen molar-refractivity contribution in [1.29, 1.82) is 0 Å². The van der Waals surface area contributed by atoms with E-state index in [0.717, 1.165) is 25.6 Å². The van der Waals surface area contributed by atoms with Gasteiger partial charge in [-0.2, -0.15) is 0 Å². The Morgan fingerprint density at radius 2 is 1.83 bits per heavy atom. The van der Waals surface area contributed by atoms with Gasteiger partial charge in [-0.05, 0) is 49.5 Å². The van der Waals surface area contributed by atoms with Crippen LogP contribution in [0.25, 0.3) is 0 Å². The van der Waals surface area contributed by atoms with Crippen LogP contribution in [0.3, 0.4) is 0 Å². The molecule has 0 radical (unpaired) electrons. The summed E-state index contributed by atoms with van der Waals surface area (Å²) >= 11 is 0. The second kappa shape index (κ2) is 8.13. The molecule has 2 heterocycles. The van der Waals surface area contributed by atoms with Crippen LogP contribution >= 0.6 is 0 Å². The van der Waals surface area contributed by atoms with Crippen molar-refractivity contribution in [1.82, 2.24) is 14.7 Å². The van der Waals surface area contributed by atoms with E-state index in [1.165, 1.54) is 57.7 Å². The molecule has 4 nitrogen and oxygen atoms in total. The molecule has 0 bridgehead atoms. The van der Waals surface area contributed by atoms with Crippen molar-refractivity contribution in [3.8, 4) is 5.75 Å². The predicted molar refractivity (Wildman–Crippen MR) is 94.7 cm³/mol. The lowest BCUT2D eigenvalue weighted by Gasteiger charge is -2.39. The van der Waals surface area contributed by atoms with E-state index in [1.807, 2.05) is 12.1 Å². The van der Waals surface area contributed by atoms with Gasteiger partial charge in [0, 0.05) is 45.8 Å². The van der Waals surface area contributed by atoms with Gasteiger partial charge in [0.25, 0.3) is 0 Å². The van der Waals surface area contributed by atoms with Crippen molar-refractivity contribution in [3.05, 3.63) is 29.8 Å². The van der Waals surface area contributed by atoms with E-state index in [1.54, 1.807) is 6.07 Å². The highest BCUT2D eigenvalue weighted by molar-refractivity contribution is 5.27. The van der Waals surface area contributed by atoms with Gasteiger partial charge < -0.3 is 14.9 Å². The number of hydrogen-bond donors (Lipinski definition) is 1. The molecule has 2 aliphatic rings. The molecule has 23 heavy (non-hydrogen) atoms. The minimum atomic E-state index is 0.374. The third kappa shape index (κ3) is 4.93. The summed E-state index contributed by atoms with van der Waals surface area (Å²) in [5, 5.41) is 9.58. The molecule has 1 atom stereocenters. The quantitative estimate of drug-likeness (QED) is 0.902. The Labute approximate surface area is 140 Å². The smallest absolute Gasteiger partial charge is 0.115 e. The molecule has 0 amide bonds. The number of nitrogens with zero attached hydrogens (tertiary/aromatic N) is 3. The van der Waals surface area contributed by atoms with E-state index in [4.69, 9.17) is 0 Å². The SMILES string of the molecule is CCN1CCC[C@H](CN2CCN(Cc3cccc(O)c3)CC2)C1. The minimum Gasteiger partial charge on any atom is -0.508 e. The van der Waals surface area contributed by atoms with Crippen molar-refractivity contribution in [3.63, 3.8) is 0 Å². The summed E-state index contributed by atoms with van der Waals surface area (Å²) < 4.78 is 0. The fourth-order valence-electron chi connectivity index (χ4n) is 4.00. The van der Waals surface area contributed by atoms with Crippen molar-refractivity contribution < 1.29 is 5.11 Å². The number of piperidine rings is 1. The second-order valence-electron chi connectivity index (χ2n) is 7.15. The zero-order valence-electron chi connectivity index (χ0n) is 14.5. The molecule has 1 aromatic rings. The number of piperazine rings is 1. The van der Waals surface area contributed by atoms with Crippen LogP contribution in [0.4, 0.5) is 0 Å². The Kier molecular flexibility index (Phi) is 5.92. The highest BCUT2D eigenvalue weighted by Crippen LogP contribution is 2.19. The largest absolute Gasteiger partial charge is 0.508 e. The summed E-state index contributed by atoms with van der Waals surface area (Å²) in [5.74, 6) is 1.24. The Morgan fingerprint density at radius 3 is 2.57 bits per heavy atom. The summed E-state index contributed by atoms with van der Waals surface area (Å²) in [5.41, 5.74) is 1.21. The molecule has 0 aliphatic carbocycles. The van der Waals surface area contributed by atoms with Gasteiger partial charge in [0.15, 0.2) is 0 Å². The van der Waals surface area contributed by atoms with E-state index >= 15 is 0 Å². The first kappa shape index (κ1) is 16.7. The van der Waals surface area contributed by atoms with Gasteiger partial charge in [-0.1, -0.05) is 19.1 Å². The Balaban J connectivity index is 1.41. The molecular weight excluding hydrogens is 286 g/mol. The number of phenolic OH excluding ortho intramolecular Hbond substituents is 1. The van der Waals surface area contributed by atoms with E-state index < -0.39 is 0 Å². The van der Waals surface area contributed by atoms with Gasteiger partial charge in [0.1, 0.15) is 5.75 Å². The lowest BCUT2D eigenvalue weighted by Crippen LogP contribution is -2.49. The van der Waals surface area contributed by atoms with Crippen LogP contribution in [0.5, 0.6) is 5.75 Å². The molecule has 2 fully saturated rings. The average molecular weight is 317 g/mol. The predicted octanol–water partition coefficient (Wildman–Crippen LogP) is 2.24. The monoisotopic (exact) mass is 317 g/mol. The van der Waals surface area contributed by atoms with Gasteiger partial charge in [-0.25, -0.2) is 0 Å². The summed E-state index contributed by atoms with van der Waals surface area (Å²) in [6, 6.07) is 7.66. The van der Waals surface area contributed by atoms with Gasteiger partial charge in [0.05, 0.1) is 0 Å². The maximum atomic E-state index is 9.58. The number of benzene rings is 1. The Bertz CT molecular complexity index is 485. The Morgan fingerprint density at radius 1 is 1.04 bits per heavy atom. The van der Waals surface area contributed by atoms with Crippen LogP contribution in [-0.2, 0) is 6.54 Å². The van der Waals surface area contributed by atoms with Crippen LogP contribution in [0.15, 0.2) is 24.3 Å². The number of phenols is 1. The molecule has 1 aromatic carbocycles. The maximum absolute atomic E-state index is 9.58. The number of hydrogen-bond acceptors (Lipinski definition) is 4. The molecule has 0 saturated carbocycles. The van der Waals surface area contributed by atoms with E-state index in [-0.39, 0.29) is 0 Å². The van der Waals surface area contributed by atoms with Crippen molar-refractivity contribution in [2.45, 2.75) is 26.3 Å². The van der Waals surface area contributed by atoms with Crippen LogP contribution < -0.4 is 0 Å². The summed E-state index contributed by atoms with van der Waals surface area (Å²) in [6.45, 7) is 12.9. The zero-order chi connectivity index (χ0) is 16.1. The van der Waals surface area contributed by atoms with Crippen LogP contribution in [0.1, 0.15) is 25.3 Å². The molecule has 3 rings (SSSR count). The van der Waals surface area contributed by atoms with Crippen molar-refractivity contribution >= 4 is 0 Å². The highest BCUT2D eigenvalue weighted by Gasteiger charge is 2.23. The number of rotatable bonds is 5. The van der Waals surface area contributed by atoms with Gasteiger partial charge in [-0.3, -0.25) is 4.90 Å². The van der Waals surface area contributed by atoms with Crippen molar-refractivity contribution in [2.75, 3.05) is 52.4 Å². The summed E-state index contributed by atoms with van der Waals surface area (Å²) in [7, 11) is 0. The van der Waals surface area contributed by atoms with Crippen LogP contribution in [0.2, 0.25) is 0 Å². The molecule has 128 valence electrons. The fraction of sp³-hybridized carbons (Fsp3) is 0.684. The van der Waals surface area contributed by atoms with E-state index in [9.17, 15) is 5.11 Å². The lowest BCUT2D eigenvalue weighted by molar-refractivity contribution is 0.0883. The van der Waals surface area contributed by atoms with E-state index in [2.05, 4.69) is 27.7 Å². The molecular formula is C19H31N3O. The van der Waals surface area contributed by atoms with Crippen molar-refractivity contribution in [2.24, 2.45) is 5.92 Å². The third-order valence-corrected chi connectivity index (χ3v) is 5.35. The third-order valence-electron chi connectivity index (χ3n) is 5.35. The normalized spacial score (nSPS) is 24.8. The maximum Gasteiger partial charge on any atom is 0.115 e. The molecule has 1 N–H and O–H groups in total. The van der Waals surface area contributed by atoms with Gasteiger partial charge in [-0.15, -0.1) is 0 Å².